The molecule has 10 nitrogen and oxygen atoms in total. The average Bonchev–Trinajstić information content (AvgIpc) is 2.65. The summed E-state index contributed by atoms with van der Waals surface area (Å²) in [6, 6.07) is 1.53. The van der Waals surface area contributed by atoms with Gasteiger partial charge in [0.25, 0.3) is 0 Å². The number of carbonyl (C=O) groups is 2. The smallest absolute Gasteiger partial charge is 0.339 e. The summed E-state index contributed by atoms with van der Waals surface area (Å²) >= 11 is 0. The Morgan fingerprint density at radius 2 is 1.00 bits per heavy atom. The molecule has 0 aliphatic carbocycles. The number of cyclic esters (lactones) is 2. The molecular weight excluding hydrogens is 364 g/mol. The predicted octanol–water partition coefficient (Wildman–Crippen LogP) is 1.30. The number of hydrogen-bond donors (Lipinski definition) is 6. The maximum atomic E-state index is 12.4. The molecule has 0 bridgehead atoms. The summed E-state index contributed by atoms with van der Waals surface area (Å²) < 4.78 is 9.93. The Balaban J connectivity index is 2.48. The molecule has 3 rings (SSSR count). The first-order chi connectivity index (χ1) is 12.7. The predicted molar refractivity (Wildman–Crippen MR) is 87.0 cm³/mol. The van der Waals surface area contributed by atoms with Crippen LogP contribution in [0.2, 0.25) is 0 Å². The minimum atomic E-state index is -1.06. The number of benzene rings is 2. The molecule has 6 N–H and O–H groups in total. The van der Waals surface area contributed by atoms with Gasteiger partial charge in [0.15, 0.2) is 23.0 Å². The van der Waals surface area contributed by atoms with Crippen molar-refractivity contribution in [2.75, 3.05) is 13.2 Å². The second-order valence-electron chi connectivity index (χ2n) is 5.66. The highest BCUT2D eigenvalue weighted by Crippen LogP contribution is 2.52. The highest BCUT2D eigenvalue weighted by molar-refractivity contribution is 6.08. The van der Waals surface area contributed by atoms with Crippen LogP contribution in [0.5, 0.6) is 34.5 Å². The van der Waals surface area contributed by atoms with Crippen molar-refractivity contribution in [3.05, 3.63) is 23.3 Å². The van der Waals surface area contributed by atoms with Crippen molar-refractivity contribution in [2.24, 2.45) is 0 Å². The summed E-state index contributed by atoms with van der Waals surface area (Å²) in [6.07, 6.45) is 0.133. The number of phenolic OH excluding ortho intramolecular Hbond substituents is 6. The van der Waals surface area contributed by atoms with Crippen LogP contribution in [0.4, 0.5) is 0 Å². The van der Waals surface area contributed by atoms with Gasteiger partial charge in [-0.3, -0.25) is 0 Å². The summed E-state index contributed by atoms with van der Waals surface area (Å²) in [5.41, 5.74) is -2.20. The Bertz CT molecular complexity index is 886. The number of aromatic hydroxyl groups is 6. The fraction of sp³-hybridized carbons (Fsp3) is 0.176. The van der Waals surface area contributed by atoms with Crippen molar-refractivity contribution in [3.8, 4) is 45.6 Å². The summed E-state index contributed by atoms with van der Waals surface area (Å²) in [7, 11) is 0. The lowest BCUT2D eigenvalue weighted by molar-refractivity contribution is 0.0399. The summed E-state index contributed by atoms with van der Waals surface area (Å²) in [4.78, 5) is 24.7. The summed E-state index contributed by atoms with van der Waals surface area (Å²) in [5, 5.41) is 59.7. The lowest BCUT2D eigenvalue weighted by Crippen LogP contribution is -2.09. The van der Waals surface area contributed by atoms with Crippen LogP contribution in [-0.2, 0) is 9.47 Å². The maximum Gasteiger partial charge on any atom is 0.339 e. The molecule has 0 amide bonds. The third-order valence-corrected chi connectivity index (χ3v) is 3.95. The van der Waals surface area contributed by atoms with E-state index >= 15 is 0 Å². The van der Waals surface area contributed by atoms with E-state index in [1.165, 1.54) is 0 Å². The van der Waals surface area contributed by atoms with Gasteiger partial charge in [-0.05, 0) is 12.1 Å². The molecule has 0 saturated heterocycles. The van der Waals surface area contributed by atoms with Gasteiger partial charge < -0.3 is 40.1 Å². The van der Waals surface area contributed by atoms with Crippen LogP contribution in [0.1, 0.15) is 27.1 Å². The Kier molecular flexibility index (Phi) is 4.32. The molecule has 142 valence electrons. The molecule has 0 atom stereocenters. The minimum Gasteiger partial charge on any atom is -0.504 e. The third-order valence-electron chi connectivity index (χ3n) is 3.95. The summed E-state index contributed by atoms with van der Waals surface area (Å²) in [5.74, 6) is -7.99. The number of phenols is 6. The Morgan fingerprint density at radius 1 is 0.630 bits per heavy atom. The van der Waals surface area contributed by atoms with Crippen LogP contribution in [0, 0.1) is 0 Å². The number of rotatable bonds is 0. The van der Waals surface area contributed by atoms with Crippen molar-refractivity contribution < 1.29 is 49.7 Å². The first kappa shape index (κ1) is 18.0. The van der Waals surface area contributed by atoms with Crippen LogP contribution in [-0.4, -0.2) is 55.8 Å². The molecule has 10 heteroatoms. The normalized spacial score (nSPS) is 14.4. The molecule has 1 heterocycles. The Labute approximate surface area is 151 Å². The van der Waals surface area contributed by atoms with E-state index in [4.69, 9.17) is 9.47 Å². The van der Waals surface area contributed by atoms with Gasteiger partial charge in [-0.2, -0.15) is 0 Å². The van der Waals surface area contributed by atoms with Gasteiger partial charge in [0, 0.05) is 17.5 Å². The van der Waals surface area contributed by atoms with E-state index in [1.54, 1.807) is 0 Å². The third kappa shape index (κ3) is 2.86. The molecule has 0 aromatic heterocycles. The Morgan fingerprint density at radius 3 is 1.37 bits per heavy atom. The zero-order valence-electron chi connectivity index (χ0n) is 13.6. The molecule has 1 aliphatic rings. The van der Waals surface area contributed by atoms with E-state index < -0.39 is 68.7 Å². The van der Waals surface area contributed by atoms with Crippen molar-refractivity contribution in [3.63, 3.8) is 0 Å². The van der Waals surface area contributed by atoms with Crippen LogP contribution in [0.3, 0.4) is 0 Å². The monoisotopic (exact) mass is 378 g/mol. The molecule has 1 aliphatic heterocycles. The second-order valence-corrected chi connectivity index (χ2v) is 5.66. The molecule has 2 aromatic carbocycles. The SMILES string of the molecule is O=C1OCCCOC(=O)c2cc(O)c(O)c(O)c2-c2c1cc(O)c(O)c2O. The van der Waals surface area contributed by atoms with Gasteiger partial charge in [-0.15, -0.1) is 0 Å². The van der Waals surface area contributed by atoms with Gasteiger partial charge >= 0.3 is 11.9 Å². The molecule has 0 fully saturated rings. The van der Waals surface area contributed by atoms with E-state index in [0.29, 0.717) is 0 Å². The molecular formula is C17H14O10. The molecule has 27 heavy (non-hydrogen) atoms. The van der Waals surface area contributed by atoms with Crippen molar-refractivity contribution in [1.29, 1.82) is 0 Å². The number of fused-ring (bicyclic) bond motifs is 3. The van der Waals surface area contributed by atoms with Crippen LogP contribution in [0.25, 0.3) is 11.1 Å². The van der Waals surface area contributed by atoms with Gasteiger partial charge in [0.2, 0.25) is 11.5 Å². The zero-order valence-corrected chi connectivity index (χ0v) is 13.6. The lowest BCUT2D eigenvalue weighted by atomic mass is 9.92. The molecule has 0 saturated carbocycles. The fourth-order valence-electron chi connectivity index (χ4n) is 2.66. The quantitative estimate of drug-likeness (QED) is 0.290. The van der Waals surface area contributed by atoms with Crippen LogP contribution < -0.4 is 0 Å². The van der Waals surface area contributed by atoms with Crippen LogP contribution in [0.15, 0.2) is 12.1 Å². The first-order valence-electron chi connectivity index (χ1n) is 7.64. The van der Waals surface area contributed by atoms with E-state index in [2.05, 4.69) is 0 Å². The van der Waals surface area contributed by atoms with Gasteiger partial charge in [0.05, 0.1) is 24.3 Å². The topological polar surface area (TPSA) is 174 Å². The number of carbonyl (C=O) groups excluding carboxylic acids is 2. The zero-order chi connectivity index (χ0) is 19.9. The number of hydrogen-bond acceptors (Lipinski definition) is 10. The maximum absolute atomic E-state index is 12.4. The van der Waals surface area contributed by atoms with Crippen molar-refractivity contribution >= 4 is 11.9 Å². The van der Waals surface area contributed by atoms with Crippen LogP contribution >= 0.6 is 0 Å². The summed E-state index contributed by atoms with van der Waals surface area (Å²) in [6.45, 7) is -0.320. The molecule has 2 aromatic rings. The Hall–Kier alpha value is -3.82. The first-order valence-corrected chi connectivity index (χ1v) is 7.64. The molecule has 0 radical (unpaired) electrons. The largest absolute Gasteiger partial charge is 0.504 e. The van der Waals surface area contributed by atoms with E-state index in [9.17, 15) is 40.2 Å². The molecule has 0 spiro atoms. The standard InChI is InChI=1S/C17H14O10/c18-8-4-6-10(14(22)12(8)20)11-7(5-9(19)13(21)15(11)23)17(25)27-3-1-2-26-16(6)24/h4-5,18-23H,1-3H2. The van der Waals surface area contributed by atoms with Gasteiger partial charge in [-0.1, -0.05) is 0 Å². The minimum absolute atomic E-state index is 0.133. The van der Waals surface area contributed by atoms with Gasteiger partial charge in [0.1, 0.15) is 0 Å². The van der Waals surface area contributed by atoms with Crippen molar-refractivity contribution in [2.45, 2.75) is 6.42 Å². The fourth-order valence-corrected chi connectivity index (χ4v) is 2.66. The van der Waals surface area contributed by atoms with Gasteiger partial charge in [-0.25, -0.2) is 9.59 Å². The van der Waals surface area contributed by atoms with Crippen molar-refractivity contribution in [1.82, 2.24) is 0 Å². The highest BCUT2D eigenvalue weighted by Gasteiger charge is 2.32. The van der Waals surface area contributed by atoms with E-state index in [0.717, 1.165) is 12.1 Å². The van der Waals surface area contributed by atoms with E-state index in [-0.39, 0.29) is 19.6 Å². The molecule has 0 unspecified atom stereocenters. The number of esters is 2. The van der Waals surface area contributed by atoms with E-state index in [1.807, 2.05) is 0 Å². The number of ether oxygens (including phenoxy) is 2. The highest BCUT2D eigenvalue weighted by atomic mass is 16.5. The lowest BCUT2D eigenvalue weighted by Gasteiger charge is -2.17. The second kappa shape index (κ2) is 6.48. The average molecular weight is 378 g/mol.